The van der Waals surface area contributed by atoms with E-state index in [-0.39, 0.29) is 5.91 Å². The second-order valence-electron chi connectivity index (χ2n) is 4.31. The second-order valence-corrected chi connectivity index (χ2v) is 5.09. The predicted octanol–water partition coefficient (Wildman–Crippen LogP) is 2.74. The molecule has 0 unspecified atom stereocenters. The van der Waals surface area contributed by atoms with Crippen LogP contribution in [-0.4, -0.2) is 10.9 Å². The number of para-hydroxylation sites is 1. The molecule has 3 aromatic rings. The normalized spacial score (nSPS) is 10.7. The molecule has 3 rings (SSSR count). The molecule has 1 aromatic carbocycles. The number of amides is 1. The lowest BCUT2D eigenvalue weighted by molar-refractivity contribution is 0.0947. The van der Waals surface area contributed by atoms with Crippen molar-refractivity contribution in [2.24, 2.45) is 0 Å². The Morgan fingerprint density at radius 3 is 3.00 bits per heavy atom. The summed E-state index contributed by atoms with van der Waals surface area (Å²) in [6.45, 7) is 0.535. The number of rotatable bonds is 3. The molecule has 0 fully saturated rings. The molecule has 0 aliphatic heterocycles. The van der Waals surface area contributed by atoms with Crippen LogP contribution in [0.15, 0.2) is 41.1 Å². The summed E-state index contributed by atoms with van der Waals surface area (Å²) < 4.78 is 0. The highest BCUT2D eigenvalue weighted by Gasteiger charge is 2.10. The number of aromatic nitrogens is 1. The van der Waals surface area contributed by atoms with E-state index in [1.54, 1.807) is 11.3 Å². The molecule has 4 N–H and O–H groups in total. The third-order valence-corrected chi connectivity index (χ3v) is 3.70. The molecule has 4 nitrogen and oxygen atoms in total. The van der Waals surface area contributed by atoms with E-state index in [9.17, 15) is 4.79 Å². The standard InChI is InChI=1S/C14H13N3OS/c15-11-3-1-2-10-6-12(17-13(10)11)14(18)16-7-9-4-5-19-8-9/h1-6,8,17H,7,15H2,(H,16,18). The molecule has 0 atom stereocenters. The van der Waals surface area contributed by atoms with Crippen LogP contribution in [0.5, 0.6) is 0 Å². The molecule has 0 saturated carbocycles. The number of fused-ring (bicyclic) bond motifs is 1. The van der Waals surface area contributed by atoms with Gasteiger partial charge < -0.3 is 16.0 Å². The number of benzene rings is 1. The number of nitrogens with one attached hydrogen (secondary N) is 2. The first-order chi connectivity index (χ1) is 9.24. The molecule has 0 spiro atoms. The van der Waals surface area contributed by atoms with Crippen molar-refractivity contribution in [1.29, 1.82) is 0 Å². The zero-order valence-electron chi connectivity index (χ0n) is 10.1. The van der Waals surface area contributed by atoms with Gasteiger partial charge in [-0.15, -0.1) is 0 Å². The molecule has 96 valence electrons. The van der Waals surface area contributed by atoms with E-state index in [0.29, 0.717) is 17.9 Å². The fourth-order valence-corrected chi connectivity index (χ4v) is 2.64. The van der Waals surface area contributed by atoms with Gasteiger partial charge in [-0.1, -0.05) is 12.1 Å². The minimum absolute atomic E-state index is 0.123. The first-order valence-electron chi connectivity index (χ1n) is 5.90. The Kier molecular flexibility index (Phi) is 2.97. The van der Waals surface area contributed by atoms with Crippen LogP contribution in [0.2, 0.25) is 0 Å². The Morgan fingerprint density at radius 2 is 2.26 bits per heavy atom. The van der Waals surface area contributed by atoms with E-state index in [2.05, 4.69) is 10.3 Å². The highest BCUT2D eigenvalue weighted by molar-refractivity contribution is 7.07. The van der Waals surface area contributed by atoms with Crippen molar-refractivity contribution in [3.8, 4) is 0 Å². The molecule has 5 heteroatoms. The lowest BCUT2D eigenvalue weighted by Crippen LogP contribution is -2.22. The van der Waals surface area contributed by atoms with Crippen molar-refractivity contribution in [3.05, 3.63) is 52.3 Å². The van der Waals surface area contributed by atoms with Crippen LogP contribution in [0.3, 0.4) is 0 Å². The number of nitrogens with two attached hydrogens (primary N) is 1. The van der Waals surface area contributed by atoms with Crippen molar-refractivity contribution in [1.82, 2.24) is 10.3 Å². The molecule has 19 heavy (non-hydrogen) atoms. The second kappa shape index (κ2) is 4.78. The largest absolute Gasteiger partial charge is 0.397 e. The van der Waals surface area contributed by atoms with Gasteiger partial charge >= 0.3 is 0 Å². The summed E-state index contributed by atoms with van der Waals surface area (Å²) in [5.74, 6) is -0.123. The maximum absolute atomic E-state index is 12.0. The lowest BCUT2D eigenvalue weighted by atomic mass is 10.2. The molecule has 1 amide bonds. The topological polar surface area (TPSA) is 70.9 Å². The molecule has 0 saturated heterocycles. The number of carbonyl (C=O) groups is 1. The minimum Gasteiger partial charge on any atom is -0.397 e. The van der Waals surface area contributed by atoms with Gasteiger partial charge in [0.1, 0.15) is 5.69 Å². The summed E-state index contributed by atoms with van der Waals surface area (Å²) in [5, 5.41) is 7.83. The maximum Gasteiger partial charge on any atom is 0.267 e. The van der Waals surface area contributed by atoms with Crippen LogP contribution < -0.4 is 11.1 Å². The number of thiophene rings is 1. The van der Waals surface area contributed by atoms with Crippen molar-refractivity contribution >= 4 is 33.8 Å². The van der Waals surface area contributed by atoms with Gasteiger partial charge in [0.05, 0.1) is 11.2 Å². The molecular weight excluding hydrogens is 258 g/mol. The van der Waals surface area contributed by atoms with Gasteiger partial charge in [-0.2, -0.15) is 11.3 Å². The summed E-state index contributed by atoms with van der Waals surface area (Å²) in [7, 11) is 0. The first-order valence-corrected chi connectivity index (χ1v) is 6.85. The van der Waals surface area contributed by atoms with Gasteiger partial charge in [0, 0.05) is 11.9 Å². The Hall–Kier alpha value is -2.27. The van der Waals surface area contributed by atoms with E-state index >= 15 is 0 Å². The van der Waals surface area contributed by atoms with Crippen molar-refractivity contribution < 1.29 is 4.79 Å². The number of carbonyl (C=O) groups excluding carboxylic acids is 1. The quantitative estimate of drug-likeness (QED) is 0.641. The first kappa shape index (κ1) is 11.8. The maximum atomic E-state index is 12.0. The Morgan fingerprint density at radius 1 is 1.37 bits per heavy atom. The average Bonchev–Trinajstić information content (AvgIpc) is 3.05. The Labute approximate surface area is 114 Å². The molecule has 0 aliphatic rings. The summed E-state index contributed by atoms with van der Waals surface area (Å²) in [5.41, 5.74) is 8.95. The van der Waals surface area contributed by atoms with Crippen LogP contribution in [0.25, 0.3) is 10.9 Å². The van der Waals surface area contributed by atoms with Crippen molar-refractivity contribution in [2.45, 2.75) is 6.54 Å². The highest BCUT2D eigenvalue weighted by atomic mass is 32.1. The van der Waals surface area contributed by atoms with Crippen LogP contribution in [-0.2, 0) is 6.54 Å². The minimum atomic E-state index is -0.123. The smallest absolute Gasteiger partial charge is 0.267 e. The molecule has 2 aromatic heterocycles. The molecule has 0 bridgehead atoms. The van der Waals surface area contributed by atoms with Gasteiger partial charge in [0.15, 0.2) is 0 Å². The third-order valence-electron chi connectivity index (χ3n) is 2.97. The van der Waals surface area contributed by atoms with Gasteiger partial charge in [0.25, 0.3) is 5.91 Å². The van der Waals surface area contributed by atoms with E-state index in [0.717, 1.165) is 16.5 Å². The molecule has 0 radical (unpaired) electrons. The van der Waals surface area contributed by atoms with Crippen LogP contribution in [0.4, 0.5) is 5.69 Å². The fourth-order valence-electron chi connectivity index (χ4n) is 1.97. The van der Waals surface area contributed by atoms with E-state index in [1.807, 2.05) is 41.1 Å². The summed E-state index contributed by atoms with van der Waals surface area (Å²) >= 11 is 1.62. The summed E-state index contributed by atoms with van der Waals surface area (Å²) in [6, 6.07) is 9.42. The number of anilines is 1. The van der Waals surface area contributed by atoms with Gasteiger partial charge in [-0.05, 0) is 34.5 Å². The van der Waals surface area contributed by atoms with E-state index < -0.39 is 0 Å². The molecular formula is C14H13N3OS. The number of aromatic amines is 1. The van der Waals surface area contributed by atoms with Gasteiger partial charge in [-0.3, -0.25) is 4.79 Å². The zero-order chi connectivity index (χ0) is 13.2. The Balaban J connectivity index is 1.80. The summed E-state index contributed by atoms with van der Waals surface area (Å²) in [6.07, 6.45) is 0. The summed E-state index contributed by atoms with van der Waals surface area (Å²) in [4.78, 5) is 15.1. The van der Waals surface area contributed by atoms with Crippen LogP contribution in [0.1, 0.15) is 16.1 Å². The van der Waals surface area contributed by atoms with E-state index in [4.69, 9.17) is 5.73 Å². The van der Waals surface area contributed by atoms with Crippen molar-refractivity contribution in [3.63, 3.8) is 0 Å². The molecule has 2 heterocycles. The third kappa shape index (κ3) is 2.32. The van der Waals surface area contributed by atoms with Crippen LogP contribution in [0, 0.1) is 0 Å². The monoisotopic (exact) mass is 271 g/mol. The number of nitrogen functional groups attached to an aromatic ring is 1. The number of hydrogen-bond donors (Lipinski definition) is 3. The van der Waals surface area contributed by atoms with Crippen LogP contribution >= 0.6 is 11.3 Å². The highest BCUT2D eigenvalue weighted by Crippen LogP contribution is 2.21. The SMILES string of the molecule is Nc1cccc2cc(C(=O)NCc3ccsc3)[nH]c12. The Bertz CT molecular complexity index is 715. The number of hydrogen-bond acceptors (Lipinski definition) is 3. The van der Waals surface area contributed by atoms with E-state index in [1.165, 1.54) is 0 Å². The van der Waals surface area contributed by atoms with Gasteiger partial charge in [0.2, 0.25) is 0 Å². The zero-order valence-corrected chi connectivity index (χ0v) is 11.0. The van der Waals surface area contributed by atoms with Gasteiger partial charge in [-0.25, -0.2) is 0 Å². The van der Waals surface area contributed by atoms with Crippen molar-refractivity contribution in [2.75, 3.05) is 5.73 Å². The average molecular weight is 271 g/mol. The molecule has 0 aliphatic carbocycles. The predicted molar refractivity (Wildman–Crippen MR) is 78.2 cm³/mol. The number of H-pyrrole nitrogens is 1. The lowest BCUT2D eigenvalue weighted by Gasteiger charge is -2.01. The fraction of sp³-hybridized carbons (Fsp3) is 0.0714.